The van der Waals surface area contributed by atoms with Crippen molar-refractivity contribution in [1.82, 2.24) is 19.9 Å². The van der Waals surface area contributed by atoms with E-state index in [2.05, 4.69) is 73.7 Å². The predicted molar refractivity (Wildman–Crippen MR) is 127 cm³/mol. The van der Waals surface area contributed by atoms with Crippen LogP contribution in [0.1, 0.15) is 0 Å². The number of nitrogens with zero attached hydrogens (tertiary/aromatic N) is 2. The van der Waals surface area contributed by atoms with Crippen LogP contribution in [0, 0.1) is 0 Å². The third-order valence-corrected chi connectivity index (χ3v) is 7.12. The van der Waals surface area contributed by atoms with Gasteiger partial charge in [-0.25, -0.2) is 9.97 Å². The summed E-state index contributed by atoms with van der Waals surface area (Å²) in [5.41, 5.74) is 5.77. The summed E-state index contributed by atoms with van der Waals surface area (Å²) in [6.45, 7) is 0. The van der Waals surface area contributed by atoms with E-state index in [4.69, 9.17) is 9.97 Å². The van der Waals surface area contributed by atoms with E-state index in [0.29, 0.717) is 0 Å². The van der Waals surface area contributed by atoms with Gasteiger partial charge < -0.3 is 9.97 Å². The third-order valence-electron chi connectivity index (χ3n) is 4.52. The largest absolute Gasteiger partial charge is 0.337 e. The highest BCUT2D eigenvalue weighted by Crippen LogP contribution is 2.33. The Morgan fingerprint density at radius 2 is 0.857 bits per heavy atom. The van der Waals surface area contributed by atoms with Gasteiger partial charge in [0.1, 0.15) is 22.7 Å². The molecule has 2 heterocycles. The fraction of sp³-hybridized carbons (Fsp3) is 0. The van der Waals surface area contributed by atoms with Crippen molar-refractivity contribution in [2.75, 3.05) is 0 Å². The number of fused-ring (bicyclic) bond motifs is 2. The fourth-order valence-corrected chi connectivity index (χ4v) is 4.79. The van der Waals surface area contributed by atoms with Crippen LogP contribution in [0.15, 0.2) is 66.4 Å². The molecule has 2 aromatic heterocycles. The molecule has 0 saturated carbocycles. The molecule has 8 heteroatoms. The normalized spacial score (nSPS) is 11.6. The van der Waals surface area contributed by atoms with Crippen molar-refractivity contribution in [1.29, 1.82) is 0 Å². The number of aromatic amines is 2. The molecule has 2 N–H and O–H groups in total. The van der Waals surface area contributed by atoms with E-state index in [9.17, 15) is 0 Å². The molecule has 0 radical (unpaired) electrons. The molecule has 0 atom stereocenters. The maximum atomic E-state index is 4.74. The first kappa shape index (κ1) is 18.5. The average Bonchev–Trinajstić information content (AvgIpc) is 3.34. The van der Waals surface area contributed by atoms with Gasteiger partial charge in [0.15, 0.2) is 0 Å². The lowest BCUT2D eigenvalue weighted by Gasteiger charge is -2.00. The topological polar surface area (TPSA) is 57.4 Å². The zero-order chi connectivity index (χ0) is 19.4. The van der Waals surface area contributed by atoms with Crippen molar-refractivity contribution < 1.29 is 0 Å². The maximum absolute atomic E-state index is 4.74. The summed E-state index contributed by atoms with van der Waals surface area (Å²) in [4.78, 5) is 16.3. The molecule has 0 fully saturated rings. The molecule has 0 aliphatic carbocycles. The Balaban J connectivity index is 1.56. The smallest absolute Gasteiger partial charge is 0.138 e. The summed E-state index contributed by atoms with van der Waals surface area (Å²) in [6, 6.07) is 16.1. The highest BCUT2D eigenvalue weighted by atomic mass is 79.9. The quantitative estimate of drug-likeness (QED) is 0.210. The third kappa shape index (κ3) is 3.07. The molecule has 138 valence electrons. The van der Waals surface area contributed by atoms with Crippen LogP contribution in [-0.2, 0) is 0 Å². The molecule has 5 rings (SSSR count). The number of nitrogens with one attached hydrogen (secondary N) is 2. The predicted octanol–water partition coefficient (Wildman–Crippen LogP) is 7.82. The van der Waals surface area contributed by atoms with Gasteiger partial charge in [0.25, 0.3) is 0 Å². The van der Waals surface area contributed by atoms with Crippen LogP contribution < -0.4 is 0 Å². The van der Waals surface area contributed by atoms with Crippen LogP contribution in [0.25, 0.3) is 44.8 Å². The maximum Gasteiger partial charge on any atom is 0.138 e. The van der Waals surface area contributed by atoms with Crippen LogP contribution in [-0.4, -0.2) is 19.9 Å². The minimum atomic E-state index is 0.823. The lowest BCUT2D eigenvalue weighted by molar-refractivity contribution is 1.31. The lowest BCUT2D eigenvalue weighted by atomic mass is 10.1. The Labute approximate surface area is 193 Å². The first-order valence-electron chi connectivity index (χ1n) is 8.29. The molecule has 28 heavy (non-hydrogen) atoms. The summed E-state index contributed by atoms with van der Waals surface area (Å²) in [5, 5.41) is 0. The number of halogens is 4. The van der Waals surface area contributed by atoms with E-state index >= 15 is 0 Å². The molecule has 4 nitrogen and oxygen atoms in total. The number of hydrogen-bond donors (Lipinski definition) is 2. The summed E-state index contributed by atoms with van der Waals surface area (Å²) in [6.07, 6.45) is 0. The van der Waals surface area contributed by atoms with Gasteiger partial charge in [0.05, 0.1) is 11.0 Å². The Morgan fingerprint density at radius 3 is 1.21 bits per heavy atom. The molecular formula is C20H10Br4N4. The molecule has 0 aliphatic heterocycles. The van der Waals surface area contributed by atoms with Crippen molar-refractivity contribution in [3.63, 3.8) is 0 Å². The van der Waals surface area contributed by atoms with Crippen molar-refractivity contribution in [2.45, 2.75) is 0 Å². The zero-order valence-corrected chi connectivity index (χ0v) is 20.4. The van der Waals surface area contributed by atoms with Gasteiger partial charge in [-0.05, 0) is 88.0 Å². The van der Waals surface area contributed by atoms with Crippen molar-refractivity contribution in [2.24, 2.45) is 0 Å². The SMILES string of the molecule is Brc1ccc(Br)c2[nH]c(-c3ccc(-c4nc5c(Br)ccc(Br)c5[nH]4)cc3)nc12. The summed E-state index contributed by atoms with van der Waals surface area (Å²) < 4.78 is 3.89. The number of aromatic nitrogens is 4. The van der Waals surface area contributed by atoms with Gasteiger partial charge >= 0.3 is 0 Å². The van der Waals surface area contributed by atoms with Crippen molar-refractivity contribution in [3.8, 4) is 22.8 Å². The van der Waals surface area contributed by atoms with Crippen molar-refractivity contribution in [3.05, 3.63) is 66.4 Å². The number of hydrogen-bond acceptors (Lipinski definition) is 2. The Bertz CT molecular complexity index is 1170. The highest BCUT2D eigenvalue weighted by Gasteiger charge is 2.13. The molecule has 5 aromatic rings. The number of H-pyrrole nitrogens is 2. The molecule has 0 saturated heterocycles. The van der Waals surface area contributed by atoms with Gasteiger partial charge in [0, 0.05) is 29.0 Å². The van der Waals surface area contributed by atoms with Gasteiger partial charge in [0.2, 0.25) is 0 Å². The number of benzene rings is 3. The Hall–Kier alpha value is -1.48. The second-order valence-electron chi connectivity index (χ2n) is 6.25. The van der Waals surface area contributed by atoms with Crippen molar-refractivity contribution >= 4 is 85.8 Å². The molecule has 0 spiro atoms. The second-order valence-corrected chi connectivity index (χ2v) is 9.67. The first-order chi connectivity index (χ1) is 13.5. The molecule has 0 amide bonds. The Morgan fingerprint density at radius 1 is 0.500 bits per heavy atom. The van der Waals surface area contributed by atoms with Gasteiger partial charge in [-0.3, -0.25) is 0 Å². The second kappa shape index (κ2) is 7.09. The molecular weight excluding hydrogens is 616 g/mol. The molecule has 0 unspecified atom stereocenters. The van der Waals surface area contributed by atoms with Crippen LogP contribution >= 0.6 is 63.7 Å². The summed E-state index contributed by atoms with van der Waals surface area (Å²) in [5.74, 6) is 1.65. The first-order valence-corrected chi connectivity index (χ1v) is 11.5. The Kier molecular flexibility index (Phi) is 4.70. The van der Waals surface area contributed by atoms with Crippen LogP contribution in [0.2, 0.25) is 0 Å². The number of rotatable bonds is 2. The number of imidazole rings is 2. The van der Waals surface area contributed by atoms with Gasteiger partial charge in [-0.2, -0.15) is 0 Å². The average molecular weight is 626 g/mol. The molecule has 0 aliphatic rings. The molecule has 0 bridgehead atoms. The fourth-order valence-electron chi connectivity index (χ4n) is 3.11. The van der Waals surface area contributed by atoms with E-state index in [-0.39, 0.29) is 0 Å². The van der Waals surface area contributed by atoms with Crippen LogP contribution in [0.5, 0.6) is 0 Å². The van der Waals surface area contributed by atoms with Gasteiger partial charge in [-0.15, -0.1) is 0 Å². The van der Waals surface area contributed by atoms with E-state index < -0.39 is 0 Å². The highest BCUT2D eigenvalue weighted by molar-refractivity contribution is 9.11. The van der Waals surface area contributed by atoms with E-state index in [0.717, 1.165) is 62.7 Å². The van der Waals surface area contributed by atoms with Crippen LogP contribution in [0.3, 0.4) is 0 Å². The minimum Gasteiger partial charge on any atom is -0.337 e. The van der Waals surface area contributed by atoms with E-state index in [1.54, 1.807) is 0 Å². The molecule has 3 aromatic carbocycles. The summed E-state index contributed by atoms with van der Waals surface area (Å²) >= 11 is 14.3. The zero-order valence-electron chi connectivity index (χ0n) is 14.0. The van der Waals surface area contributed by atoms with E-state index in [1.807, 2.05) is 48.5 Å². The minimum absolute atomic E-state index is 0.823. The van der Waals surface area contributed by atoms with E-state index in [1.165, 1.54) is 0 Å². The lowest BCUT2D eigenvalue weighted by Crippen LogP contribution is -1.83. The monoisotopic (exact) mass is 622 g/mol. The summed E-state index contributed by atoms with van der Waals surface area (Å²) in [7, 11) is 0. The van der Waals surface area contributed by atoms with Gasteiger partial charge in [-0.1, -0.05) is 24.3 Å². The van der Waals surface area contributed by atoms with Crippen LogP contribution in [0.4, 0.5) is 0 Å². The standard InChI is InChI=1S/C20H10Br4N4/c21-11-5-6-12(22)16-15(11)25-19(26-16)9-1-2-10(4-3-9)20-27-17-13(23)7-8-14(24)18(17)28-20/h1-8H,(H,25,26)(H,27,28).